The van der Waals surface area contributed by atoms with Crippen molar-refractivity contribution in [2.24, 2.45) is 5.92 Å². The number of nitrogens with zero attached hydrogens (tertiary/aromatic N) is 1. The molecule has 0 heterocycles. The summed E-state index contributed by atoms with van der Waals surface area (Å²) < 4.78 is 0. The Morgan fingerprint density at radius 1 is 1.00 bits per heavy atom. The van der Waals surface area contributed by atoms with Crippen molar-refractivity contribution in [2.45, 2.75) is 64.8 Å². The van der Waals surface area contributed by atoms with Crippen molar-refractivity contribution in [2.75, 3.05) is 6.54 Å². The average molecular weight is 408 g/mol. The molecule has 0 aromatic heterocycles. The van der Waals surface area contributed by atoms with E-state index in [0.717, 1.165) is 23.1 Å². The van der Waals surface area contributed by atoms with Crippen molar-refractivity contribution in [3.8, 4) is 0 Å². The lowest BCUT2D eigenvalue weighted by atomic mass is 9.86. The van der Waals surface area contributed by atoms with Crippen molar-refractivity contribution in [3.63, 3.8) is 0 Å². The van der Waals surface area contributed by atoms with Gasteiger partial charge >= 0.3 is 5.97 Å². The first kappa shape index (κ1) is 22.1. The molecule has 160 valence electrons. The maximum absolute atomic E-state index is 13.5. The van der Waals surface area contributed by atoms with Gasteiger partial charge in [0, 0.05) is 18.5 Å². The molecule has 1 amide bonds. The van der Waals surface area contributed by atoms with Crippen molar-refractivity contribution < 1.29 is 14.7 Å². The summed E-state index contributed by atoms with van der Waals surface area (Å²) in [4.78, 5) is 27.4. The van der Waals surface area contributed by atoms with E-state index in [1.165, 1.54) is 32.1 Å². The number of aryl methyl sites for hydroxylation is 2. The van der Waals surface area contributed by atoms with Gasteiger partial charge in [0.05, 0.1) is 0 Å². The predicted molar refractivity (Wildman–Crippen MR) is 120 cm³/mol. The van der Waals surface area contributed by atoms with E-state index in [2.05, 4.69) is 0 Å². The number of hydrogen-bond acceptors (Lipinski definition) is 2. The quantitative estimate of drug-likeness (QED) is 0.636. The van der Waals surface area contributed by atoms with Crippen LogP contribution in [0, 0.1) is 19.8 Å². The molecule has 3 rings (SSSR count). The van der Waals surface area contributed by atoms with Gasteiger partial charge in [-0.15, -0.1) is 0 Å². The molecule has 0 aliphatic heterocycles. The summed E-state index contributed by atoms with van der Waals surface area (Å²) in [5.74, 6) is -0.541. The van der Waals surface area contributed by atoms with Gasteiger partial charge in [-0.1, -0.05) is 79.6 Å². The number of aliphatic carboxylic acids is 1. The fourth-order valence-electron chi connectivity index (χ4n) is 4.63. The first-order valence-corrected chi connectivity index (χ1v) is 11.1. The molecule has 0 saturated heterocycles. The highest BCUT2D eigenvalue weighted by molar-refractivity contribution is 5.97. The van der Waals surface area contributed by atoms with Crippen LogP contribution in [0.15, 0.2) is 48.5 Å². The molecule has 1 N–H and O–H groups in total. The van der Waals surface area contributed by atoms with Crippen LogP contribution in [-0.2, 0) is 11.2 Å². The normalized spacial score (nSPS) is 15.5. The van der Waals surface area contributed by atoms with Crippen LogP contribution in [0.3, 0.4) is 0 Å². The van der Waals surface area contributed by atoms with E-state index >= 15 is 0 Å². The zero-order valence-electron chi connectivity index (χ0n) is 18.1. The van der Waals surface area contributed by atoms with Crippen LogP contribution >= 0.6 is 0 Å². The monoisotopic (exact) mass is 407 g/mol. The Labute approximate surface area is 179 Å². The summed E-state index contributed by atoms with van der Waals surface area (Å²) in [5.41, 5.74) is 3.54. The van der Waals surface area contributed by atoms with Crippen LogP contribution in [0.2, 0.25) is 0 Å². The van der Waals surface area contributed by atoms with Gasteiger partial charge in [-0.25, -0.2) is 4.79 Å². The van der Waals surface area contributed by atoms with Crippen molar-refractivity contribution in [1.29, 1.82) is 0 Å². The third kappa shape index (κ3) is 5.94. The van der Waals surface area contributed by atoms with Gasteiger partial charge in [0.15, 0.2) is 0 Å². The van der Waals surface area contributed by atoms with E-state index < -0.39 is 12.0 Å². The van der Waals surface area contributed by atoms with Gasteiger partial charge in [-0.2, -0.15) is 0 Å². The first-order chi connectivity index (χ1) is 14.4. The summed E-state index contributed by atoms with van der Waals surface area (Å²) in [6.07, 6.45) is 7.31. The zero-order valence-corrected chi connectivity index (χ0v) is 18.1. The summed E-state index contributed by atoms with van der Waals surface area (Å²) in [5, 5.41) is 10.1. The van der Waals surface area contributed by atoms with E-state index in [-0.39, 0.29) is 5.91 Å². The summed E-state index contributed by atoms with van der Waals surface area (Å²) in [6, 6.07) is 14.5. The lowest BCUT2D eigenvalue weighted by Gasteiger charge is -2.32. The minimum absolute atomic E-state index is 0.180. The number of carboxylic acid groups (broad SMARTS) is 1. The van der Waals surface area contributed by atoms with Crippen LogP contribution in [0.4, 0.5) is 0 Å². The first-order valence-electron chi connectivity index (χ1n) is 11.1. The highest BCUT2D eigenvalue weighted by Crippen LogP contribution is 2.27. The Bertz CT molecular complexity index is 836. The number of carbonyl (C=O) groups is 2. The Morgan fingerprint density at radius 2 is 1.63 bits per heavy atom. The van der Waals surface area contributed by atoms with Gasteiger partial charge in [0.2, 0.25) is 0 Å². The number of amides is 1. The third-order valence-corrected chi connectivity index (χ3v) is 6.17. The molecule has 1 fully saturated rings. The van der Waals surface area contributed by atoms with Gasteiger partial charge in [0.25, 0.3) is 5.91 Å². The molecular formula is C26H33NO3. The highest BCUT2D eigenvalue weighted by atomic mass is 16.4. The number of carbonyl (C=O) groups excluding carboxylic acids is 1. The third-order valence-electron chi connectivity index (χ3n) is 6.17. The second kappa shape index (κ2) is 10.4. The molecular weight excluding hydrogens is 374 g/mol. The zero-order chi connectivity index (χ0) is 21.5. The van der Waals surface area contributed by atoms with E-state index in [0.29, 0.717) is 24.4 Å². The lowest BCUT2D eigenvalue weighted by Crippen LogP contribution is -2.47. The Kier molecular flexibility index (Phi) is 7.67. The molecule has 4 nitrogen and oxygen atoms in total. The van der Waals surface area contributed by atoms with Gasteiger partial charge in [-0.05, 0) is 43.9 Å². The molecule has 30 heavy (non-hydrogen) atoms. The van der Waals surface area contributed by atoms with E-state index in [4.69, 9.17) is 0 Å². The molecule has 0 radical (unpaired) electrons. The predicted octanol–water partition coefficient (Wildman–Crippen LogP) is 5.41. The molecule has 4 heteroatoms. The number of rotatable bonds is 8. The van der Waals surface area contributed by atoms with Gasteiger partial charge in [0.1, 0.15) is 6.04 Å². The SMILES string of the molecule is Cc1cc(C)cc(C(=O)N(CCC2CCCCC2)[C@@H](Cc2ccccc2)C(=O)O)c1. The van der Waals surface area contributed by atoms with E-state index in [1.54, 1.807) is 4.90 Å². The second-order valence-electron chi connectivity index (χ2n) is 8.71. The fraction of sp³-hybridized carbons (Fsp3) is 0.462. The molecule has 1 aliphatic carbocycles. The molecule has 2 aromatic rings. The molecule has 0 bridgehead atoms. The number of benzene rings is 2. The van der Waals surface area contributed by atoms with E-state index in [9.17, 15) is 14.7 Å². The summed E-state index contributed by atoms with van der Waals surface area (Å²) >= 11 is 0. The molecule has 1 saturated carbocycles. The second-order valence-corrected chi connectivity index (χ2v) is 8.71. The summed E-state index contributed by atoms with van der Waals surface area (Å²) in [7, 11) is 0. The topological polar surface area (TPSA) is 57.6 Å². The minimum Gasteiger partial charge on any atom is -0.480 e. The smallest absolute Gasteiger partial charge is 0.326 e. The Balaban J connectivity index is 1.87. The Morgan fingerprint density at radius 3 is 2.23 bits per heavy atom. The van der Waals surface area contributed by atoms with Crippen molar-refractivity contribution >= 4 is 11.9 Å². The fourth-order valence-corrected chi connectivity index (χ4v) is 4.63. The molecule has 1 atom stereocenters. The van der Waals surface area contributed by atoms with Crippen LogP contribution in [0.5, 0.6) is 0 Å². The standard InChI is InChI=1S/C26H33NO3/c1-19-15-20(2)17-23(16-19)25(28)27(14-13-21-9-5-3-6-10-21)24(26(29)30)18-22-11-7-4-8-12-22/h4,7-8,11-12,15-17,21,24H,3,5-6,9-10,13-14,18H2,1-2H3,(H,29,30)/t24-/m0/s1. The van der Waals surface area contributed by atoms with Crippen LogP contribution in [-0.4, -0.2) is 34.5 Å². The summed E-state index contributed by atoms with van der Waals surface area (Å²) in [6.45, 7) is 4.42. The van der Waals surface area contributed by atoms with Crippen LogP contribution in [0.25, 0.3) is 0 Å². The maximum Gasteiger partial charge on any atom is 0.326 e. The molecule has 0 unspecified atom stereocenters. The van der Waals surface area contributed by atoms with Gasteiger partial charge < -0.3 is 10.0 Å². The van der Waals surface area contributed by atoms with Crippen LogP contribution in [0.1, 0.15) is 65.6 Å². The maximum atomic E-state index is 13.5. The highest BCUT2D eigenvalue weighted by Gasteiger charge is 2.31. The van der Waals surface area contributed by atoms with Crippen molar-refractivity contribution in [1.82, 2.24) is 4.90 Å². The Hall–Kier alpha value is -2.62. The largest absolute Gasteiger partial charge is 0.480 e. The lowest BCUT2D eigenvalue weighted by molar-refractivity contribution is -0.142. The van der Waals surface area contributed by atoms with E-state index in [1.807, 2.05) is 62.4 Å². The molecule has 2 aromatic carbocycles. The van der Waals surface area contributed by atoms with Crippen LogP contribution < -0.4 is 0 Å². The average Bonchev–Trinajstić information content (AvgIpc) is 2.73. The number of hydrogen-bond donors (Lipinski definition) is 1. The van der Waals surface area contributed by atoms with Gasteiger partial charge in [-0.3, -0.25) is 4.79 Å². The minimum atomic E-state index is -0.944. The molecule has 1 aliphatic rings. The number of carboxylic acids is 1. The van der Waals surface area contributed by atoms with Crippen molar-refractivity contribution in [3.05, 3.63) is 70.8 Å². The molecule has 0 spiro atoms.